The SMILES string of the molecule is CC1=C(N2CCC3(CCN(CCc4ccc(N(N)/N=C\N)cc4)CC3)C2=O)COC1=O. The number of ether oxygens (including phenoxy) is 1. The topological polar surface area (TPSA) is 117 Å². The third-order valence-electron chi connectivity index (χ3n) is 6.84. The minimum Gasteiger partial charge on any atom is -0.456 e. The summed E-state index contributed by atoms with van der Waals surface area (Å²) in [7, 11) is 0. The van der Waals surface area contributed by atoms with Gasteiger partial charge in [0.25, 0.3) is 0 Å². The van der Waals surface area contributed by atoms with Crippen molar-refractivity contribution in [2.75, 3.05) is 37.9 Å². The van der Waals surface area contributed by atoms with E-state index < -0.39 is 0 Å². The molecule has 1 amide bonds. The maximum Gasteiger partial charge on any atom is 0.336 e. The van der Waals surface area contributed by atoms with Gasteiger partial charge in [-0.3, -0.25) is 4.79 Å². The van der Waals surface area contributed by atoms with E-state index in [2.05, 4.69) is 10.0 Å². The van der Waals surface area contributed by atoms with Crippen LogP contribution in [-0.4, -0.2) is 60.8 Å². The predicted molar refractivity (Wildman–Crippen MR) is 118 cm³/mol. The summed E-state index contributed by atoms with van der Waals surface area (Å²) in [4.78, 5) is 29.1. The Morgan fingerprint density at radius 2 is 1.84 bits per heavy atom. The quantitative estimate of drug-likeness (QED) is 0.229. The molecule has 0 aromatic heterocycles. The molecule has 2 fully saturated rings. The Balaban J connectivity index is 1.29. The second-order valence-electron chi connectivity index (χ2n) is 8.50. The van der Waals surface area contributed by atoms with Gasteiger partial charge < -0.3 is 20.3 Å². The minimum absolute atomic E-state index is 0.168. The van der Waals surface area contributed by atoms with Crippen molar-refractivity contribution in [1.82, 2.24) is 9.80 Å². The van der Waals surface area contributed by atoms with Crippen molar-refractivity contribution in [2.24, 2.45) is 22.1 Å². The van der Waals surface area contributed by atoms with Gasteiger partial charge in [0.2, 0.25) is 5.91 Å². The van der Waals surface area contributed by atoms with Crippen LogP contribution in [0.2, 0.25) is 0 Å². The number of nitrogens with zero attached hydrogens (tertiary/aromatic N) is 4. The highest BCUT2D eigenvalue weighted by Gasteiger charge is 2.49. The number of rotatable bonds is 6. The van der Waals surface area contributed by atoms with Crippen LogP contribution >= 0.6 is 0 Å². The number of hydrazone groups is 1. The van der Waals surface area contributed by atoms with E-state index in [4.69, 9.17) is 16.3 Å². The molecular weight excluding hydrogens is 396 g/mol. The van der Waals surface area contributed by atoms with Crippen LogP contribution in [0.3, 0.4) is 0 Å². The van der Waals surface area contributed by atoms with E-state index in [0.29, 0.717) is 12.1 Å². The van der Waals surface area contributed by atoms with Crippen molar-refractivity contribution < 1.29 is 14.3 Å². The molecule has 9 nitrogen and oxygen atoms in total. The van der Waals surface area contributed by atoms with E-state index in [-0.39, 0.29) is 23.9 Å². The molecule has 4 N–H and O–H groups in total. The number of benzene rings is 1. The number of hydrogen-bond acceptors (Lipinski definition) is 7. The number of cyclic esters (lactones) is 1. The first-order chi connectivity index (χ1) is 14.9. The molecule has 1 aromatic carbocycles. The van der Waals surface area contributed by atoms with E-state index in [9.17, 15) is 9.59 Å². The van der Waals surface area contributed by atoms with Crippen LogP contribution in [0.4, 0.5) is 5.69 Å². The van der Waals surface area contributed by atoms with Gasteiger partial charge in [-0.1, -0.05) is 12.1 Å². The first-order valence-corrected chi connectivity index (χ1v) is 10.7. The number of piperidine rings is 1. The van der Waals surface area contributed by atoms with Crippen LogP contribution in [0.1, 0.15) is 31.7 Å². The van der Waals surface area contributed by atoms with E-state index in [1.54, 1.807) is 11.8 Å². The third kappa shape index (κ3) is 4.15. The van der Waals surface area contributed by atoms with Crippen LogP contribution in [0, 0.1) is 5.41 Å². The summed E-state index contributed by atoms with van der Waals surface area (Å²) >= 11 is 0. The van der Waals surface area contributed by atoms with Gasteiger partial charge in [0.15, 0.2) is 0 Å². The fourth-order valence-electron chi connectivity index (χ4n) is 4.74. The van der Waals surface area contributed by atoms with Gasteiger partial charge in [0, 0.05) is 13.1 Å². The van der Waals surface area contributed by atoms with Crippen molar-refractivity contribution in [3.63, 3.8) is 0 Å². The molecule has 1 spiro atoms. The average Bonchev–Trinajstić information content (AvgIpc) is 3.27. The maximum atomic E-state index is 13.2. The van der Waals surface area contributed by atoms with Crippen LogP contribution in [0.5, 0.6) is 0 Å². The Labute approximate surface area is 182 Å². The Bertz CT molecular complexity index is 902. The molecule has 0 aliphatic carbocycles. The second kappa shape index (κ2) is 8.68. The molecule has 1 aromatic rings. The van der Waals surface area contributed by atoms with Gasteiger partial charge in [0.05, 0.1) is 22.4 Å². The van der Waals surface area contributed by atoms with Gasteiger partial charge in [0.1, 0.15) is 12.9 Å². The number of hydrazine groups is 1. The van der Waals surface area contributed by atoms with Crippen molar-refractivity contribution >= 4 is 23.9 Å². The number of esters is 1. The first-order valence-electron chi connectivity index (χ1n) is 10.7. The van der Waals surface area contributed by atoms with Crippen molar-refractivity contribution in [2.45, 2.75) is 32.6 Å². The molecule has 0 unspecified atom stereocenters. The van der Waals surface area contributed by atoms with Gasteiger partial charge in [-0.25, -0.2) is 10.6 Å². The van der Waals surface area contributed by atoms with E-state index >= 15 is 0 Å². The fraction of sp³-hybridized carbons (Fsp3) is 0.500. The van der Waals surface area contributed by atoms with Crippen LogP contribution < -0.4 is 16.7 Å². The predicted octanol–water partition coefficient (Wildman–Crippen LogP) is 0.957. The zero-order valence-corrected chi connectivity index (χ0v) is 17.9. The summed E-state index contributed by atoms with van der Waals surface area (Å²) in [5.41, 5.74) is 8.31. The largest absolute Gasteiger partial charge is 0.456 e. The summed E-state index contributed by atoms with van der Waals surface area (Å²) in [6, 6.07) is 7.94. The molecule has 31 heavy (non-hydrogen) atoms. The Morgan fingerprint density at radius 3 is 2.45 bits per heavy atom. The standard InChI is InChI=1S/C22H30N6O3/c1-16-19(14-31-20(16)29)27-13-9-22(21(27)30)7-11-26(12-8-22)10-6-17-2-4-18(5-3-17)28(24)25-15-23/h2-5,15H,6-14,24H2,1H3,(H2,23,25). The normalized spacial score (nSPS) is 21.5. The Morgan fingerprint density at radius 1 is 1.16 bits per heavy atom. The fourth-order valence-corrected chi connectivity index (χ4v) is 4.74. The second-order valence-corrected chi connectivity index (χ2v) is 8.50. The van der Waals surface area contributed by atoms with E-state index in [1.807, 2.05) is 24.3 Å². The summed E-state index contributed by atoms with van der Waals surface area (Å²) in [5, 5.41) is 5.06. The number of likely N-dealkylation sites (tertiary alicyclic amines) is 2. The molecule has 0 atom stereocenters. The first kappa shape index (κ1) is 21.3. The number of nitrogens with two attached hydrogens (primary N) is 2. The van der Waals surface area contributed by atoms with Crippen LogP contribution in [0.15, 0.2) is 40.6 Å². The number of hydrogen-bond donors (Lipinski definition) is 2. The number of anilines is 1. The molecule has 2 saturated heterocycles. The molecule has 3 heterocycles. The van der Waals surface area contributed by atoms with Gasteiger partial charge >= 0.3 is 5.97 Å². The average molecular weight is 427 g/mol. The summed E-state index contributed by atoms with van der Waals surface area (Å²) in [5.74, 6) is 5.63. The number of amides is 1. The van der Waals surface area contributed by atoms with Crippen LogP contribution in [0.25, 0.3) is 0 Å². The minimum atomic E-state index is -0.308. The molecule has 3 aliphatic heterocycles. The van der Waals surface area contributed by atoms with E-state index in [0.717, 1.165) is 63.0 Å². The Hall–Kier alpha value is -2.91. The molecule has 4 rings (SSSR count). The smallest absolute Gasteiger partial charge is 0.336 e. The lowest BCUT2D eigenvalue weighted by atomic mass is 9.77. The summed E-state index contributed by atoms with van der Waals surface area (Å²) in [6.07, 6.45) is 4.67. The monoisotopic (exact) mass is 426 g/mol. The van der Waals surface area contributed by atoms with Gasteiger partial charge in [-0.2, -0.15) is 5.12 Å². The summed E-state index contributed by atoms with van der Waals surface area (Å²) in [6.45, 7) is 5.42. The summed E-state index contributed by atoms with van der Waals surface area (Å²) < 4.78 is 5.10. The molecule has 0 bridgehead atoms. The lowest BCUT2D eigenvalue weighted by Crippen LogP contribution is -2.45. The number of carbonyl (C=O) groups excluding carboxylic acids is 2. The Kier molecular flexibility index (Phi) is 5.97. The molecule has 0 saturated carbocycles. The molecular formula is C22H30N6O3. The van der Waals surface area contributed by atoms with Crippen molar-refractivity contribution in [3.8, 4) is 0 Å². The highest BCUT2D eigenvalue weighted by molar-refractivity contribution is 5.94. The number of carbonyl (C=O) groups is 2. The molecule has 166 valence electrons. The maximum absolute atomic E-state index is 13.2. The van der Waals surface area contributed by atoms with Crippen LogP contribution in [-0.2, 0) is 20.7 Å². The van der Waals surface area contributed by atoms with Crippen molar-refractivity contribution in [1.29, 1.82) is 0 Å². The van der Waals surface area contributed by atoms with Gasteiger partial charge in [-0.05, 0) is 63.4 Å². The van der Waals surface area contributed by atoms with E-state index in [1.165, 1.54) is 10.7 Å². The lowest BCUT2D eigenvalue weighted by molar-refractivity contribution is -0.138. The molecule has 3 aliphatic rings. The van der Waals surface area contributed by atoms with Crippen molar-refractivity contribution in [3.05, 3.63) is 41.1 Å². The molecule has 0 radical (unpaired) electrons. The lowest BCUT2D eigenvalue weighted by Gasteiger charge is -2.38. The van der Waals surface area contributed by atoms with Gasteiger partial charge in [-0.15, -0.1) is 5.10 Å². The highest BCUT2D eigenvalue weighted by Crippen LogP contribution is 2.43. The molecule has 9 heteroatoms. The zero-order chi connectivity index (χ0) is 22.0. The zero-order valence-electron chi connectivity index (χ0n) is 17.9. The third-order valence-corrected chi connectivity index (χ3v) is 6.84. The highest BCUT2D eigenvalue weighted by atomic mass is 16.5.